The number of carbonyl (C=O) groups excluding carboxylic acids is 1. The van der Waals surface area contributed by atoms with Crippen LogP contribution in [0.2, 0.25) is 0 Å². The lowest BCUT2D eigenvalue weighted by Gasteiger charge is -2.14. The summed E-state index contributed by atoms with van der Waals surface area (Å²) in [6.07, 6.45) is -4.55. The molecule has 1 N–H and O–H groups in total. The van der Waals surface area contributed by atoms with Crippen molar-refractivity contribution >= 4 is 21.4 Å². The van der Waals surface area contributed by atoms with E-state index in [0.717, 1.165) is 18.2 Å². The van der Waals surface area contributed by atoms with Crippen molar-refractivity contribution in [2.45, 2.75) is 23.2 Å². The Balaban J connectivity index is 2.21. The minimum Gasteiger partial charge on any atom is -0.325 e. The van der Waals surface area contributed by atoms with Gasteiger partial charge in [0.25, 0.3) is 0 Å². The molecule has 0 aliphatic heterocycles. The van der Waals surface area contributed by atoms with Crippen molar-refractivity contribution in [3.63, 3.8) is 0 Å². The molecule has 0 bridgehead atoms. The Morgan fingerprint density at radius 1 is 1.04 bits per heavy atom. The molecule has 0 aliphatic carbocycles. The number of rotatable bonds is 4. The number of carbonyl (C=O) groups is 1. The van der Waals surface area contributed by atoms with Crippen molar-refractivity contribution in [1.82, 2.24) is 0 Å². The van der Waals surface area contributed by atoms with Gasteiger partial charge in [-0.3, -0.25) is 4.79 Å². The zero-order valence-corrected chi connectivity index (χ0v) is 13.4. The maximum Gasteiger partial charge on any atom is 0.416 e. The molecule has 2 aromatic rings. The quantitative estimate of drug-likeness (QED) is 0.911. The van der Waals surface area contributed by atoms with Crippen molar-refractivity contribution in [2.24, 2.45) is 0 Å². The summed E-state index contributed by atoms with van der Waals surface area (Å²) in [5.74, 6) is -0.904. The van der Waals surface area contributed by atoms with Crippen LogP contribution in [0.15, 0.2) is 59.5 Å². The number of amides is 1. The summed E-state index contributed by atoms with van der Waals surface area (Å²) in [4.78, 5) is 12.1. The monoisotopic (exact) mass is 357 g/mol. The molecule has 0 heterocycles. The van der Waals surface area contributed by atoms with Gasteiger partial charge in [0.2, 0.25) is 5.91 Å². The average Bonchev–Trinajstić information content (AvgIpc) is 2.54. The van der Waals surface area contributed by atoms with Crippen molar-refractivity contribution in [3.05, 3.63) is 60.2 Å². The normalized spacial score (nSPS) is 13.3. The molecule has 0 aromatic heterocycles. The van der Waals surface area contributed by atoms with Crippen molar-refractivity contribution < 1.29 is 26.4 Å². The third-order valence-electron chi connectivity index (χ3n) is 3.36. The SMILES string of the molecule is CC(C(=O)Nc1cccc(C(F)(F)F)c1)S(=O)(=O)c1ccccc1. The Morgan fingerprint density at radius 3 is 2.25 bits per heavy atom. The Kier molecular flexibility index (Phi) is 4.98. The fraction of sp³-hybridized carbons (Fsp3) is 0.188. The summed E-state index contributed by atoms with van der Waals surface area (Å²) in [6, 6.07) is 11.4. The molecule has 1 atom stereocenters. The van der Waals surface area contributed by atoms with Gasteiger partial charge in [0.05, 0.1) is 10.5 Å². The minimum atomic E-state index is -4.55. The van der Waals surface area contributed by atoms with Crippen molar-refractivity contribution in [1.29, 1.82) is 0 Å². The smallest absolute Gasteiger partial charge is 0.325 e. The summed E-state index contributed by atoms with van der Waals surface area (Å²) < 4.78 is 62.7. The molecule has 2 aromatic carbocycles. The van der Waals surface area contributed by atoms with E-state index in [0.29, 0.717) is 0 Å². The van der Waals surface area contributed by atoms with Gasteiger partial charge in [0.1, 0.15) is 5.25 Å². The first kappa shape index (κ1) is 18.0. The average molecular weight is 357 g/mol. The number of anilines is 1. The topological polar surface area (TPSA) is 63.2 Å². The van der Waals surface area contributed by atoms with E-state index in [4.69, 9.17) is 0 Å². The number of benzene rings is 2. The Labute approximate surface area is 137 Å². The van der Waals surface area contributed by atoms with Gasteiger partial charge in [-0.15, -0.1) is 0 Å². The van der Waals surface area contributed by atoms with Gasteiger partial charge in [-0.05, 0) is 37.3 Å². The first-order valence-corrected chi connectivity index (χ1v) is 8.44. The van der Waals surface area contributed by atoms with E-state index in [1.165, 1.54) is 37.3 Å². The lowest BCUT2D eigenvalue weighted by Crippen LogP contribution is -2.32. The zero-order valence-electron chi connectivity index (χ0n) is 12.5. The molecular weight excluding hydrogens is 343 g/mol. The summed E-state index contributed by atoms with van der Waals surface area (Å²) >= 11 is 0. The fourth-order valence-corrected chi connectivity index (χ4v) is 3.26. The lowest BCUT2D eigenvalue weighted by atomic mass is 10.2. The van der Waals surface area contributed by atoms with Crippen molar-refractivity contribution in [2.75, 3.05) is 5.32 Å². The highest BCUT2D eigenvalue weighted by molar-refractivity contribution is 7.92. The van der Waals surface area contributed by atoms with Crippen LogP contribution < -0.4 is 5.32 Å². The Bertz CT molecular complexity index is 833. The van der Waals surface area contributed by atoms with E-state index in [1.54, 1.807) is 6.07 Å². The van der Waals surface area contributed by atoms with Gasteiger partial charge in [-0.1, -0.05) is 24.3 Å². The largest absolute Gasteiger partial charge is 0.416 e. The number of hydrogen-bond acceptors (Lipinski definition) is 3. The van der Waals surface area contributed by atoms with E-state index in [2.05, 4.69) is 5.32 Å². The van der Waals surface area contributed by atoms with E-state index < -0.39 is 32.7 Å². The number of sulfone groups is 1. The molecule has 0 saturated heterocycles. The predicted molar refractivity (Wildman–Crippen MR) is 83.2 cm³/mol. The maximum atomic E-state index is 12.7. The molecule has 128 valence electrons. The van der Waals surface area contributed by atoms with Gasteiger partial charge in [0.15, 0.2) is 9.84 Å². The van der Waals surface area contributed by atoms with Crippen molar-refractivity contribution in [3.8, 4) is 0 Å². The second-order valence-corrected chi connectivity index (χ2v) is 7.34. The summed E-state index contributed by atoms with van der Waals surface area (Å²) in [7, 11) is -3.93. The van der Waals surface area contributed by atoms with E-state index in [1.807, 2.05) is 0 Å². The number of nitrogens with one attached hydrogen (secondary N) is 1. The maximum absolute atomic E-state index is 12.7. The number of hydrogen-bond donors (Lipinski definition) is 1. The molecule has 24 heavy (non-hydrogen) atoms. The molecule has 1 unspecified atom stereocenters. The number of halogens is 3. The molecule has 0 saturated carbocycles. The predicted octanol–water partition coefficient (Wildman–Crippen LogP) is 3.51. The Morgan fingerprint density at radius 2 is 1.67 bits per heavy atom. The summed E-state index contributed by atoms with van der Waals surface area (Å²) in [6.45, 7) is 1.19. The van der Waals surface area contributed by atoms with Gasteiger partial charge in [-0.25, -0.2) is 8.42 Å². The third-order valence-corrected chi connectivity index (χ3v) is 5.44. The molecule has 0 radical (unpaired) electrons. The molecule has 0 fully saturated rings. The Hall–Kier alpha value is -2.35. The minimum absolute atomic E-state index is 0.0308. The van der Waals surface area contributed by atoms with E-state index >= 15 is 0 Å². The van der Waals surface area contributed by atoms with Crippen LogP contribution in [-0.2, 0) is 20.8 Å². The fourth-order valence-electron chi connectivity index (χ4n) is 1.97. The number of alkyl halides is 3. The standard InChI is InChI=1S/C16H14F3NO3S/c1-11(24(22,23)14-8-3-2-4-9-14)15(21)20-13-7-5-6-12(10-13)16(17,18)19/h2-11H,1H3,(H,20,21). The van der Waals surface area contributed by atoms with Crippen LogP contribution >= 0.6 is 0 Å². The van der Waals surface area contributed by atoms with Crippen LogP contribution in [0.5, 0.6) is 0 Å². The molecular formula is C16H14F3NO3S. The molecule has 0 spiro atoms. The lowest BCUT2D eigenvalue weighted by molar-refractivity contribution is -0.137. The van der Waals surface area contributed by atoms with Crippen LogP contribution in [0.3, 0.4) is 0 Å². The molecule has 4 nitrogen and oxygen atoms in total. The zero-order chi connectivity index (χ0) is 18.0. The summed E-state index contributed by atoms with van der Waals surface area (Å²) in [5, 5.41) is 0.762. The highest BCUT2D eigenvalue weighted by Crippen LogP contribution is 2.30. The summed E-state index contributed by atoms with van der Waals surface area (Å²) in [5.41, 5.74) is -1.05. The van der Waals surface area contributed by atoms with Gasteiger partial charge >= 0.3 is 6.18 Å². The second kappa shape index (κ2) is 6.64. The van der Waals surface area contributed by atoms with Gasteiger partial charge in [-0.2, -0.15) is 13.2 Å². The first-order valence-electron chi connectivity index (χ1n) is 6.89. The highest BCUT2D eigenvalue weighted by Gasteiger charge is 2.32. The molecule has 1 amide bonds. The molecule has 8 heteroatoms. The highest BCUT2D eigenvalue weighted by atomic mass is 32.2. The first-order chi connectivity index (χ1) is 11.1. The van der Waals surface area contributed by atoms with E-state index in [-0.39, 0.29) is 10.6 Å². The van der Waals surface area contributed by atoms with E-state index in [9.17, 15) is 26.4 Å². The van der Waals surface area contributed by atoms with Crippen LogP contribution in [0.1, 0.15) is 12.5 Å². The molecule has 0 aliphatic rings. The van der Waals surface area contributed by atoms with Crippen LogP contribution in [0, 0.1) is 0 Å². The van der Waals surface area contributed by atoms with Crippen LogP contribution in [0.25, 0.3) is 0 Å². The van der Waals surface area contributed by atoms with Crippen LogP contribution in [-0.4, -0.2) is 19.6 Å². The third kappa shape index (κ3) is 3.94. The molecule has 2 rings (SSSR count). The van der Waals surface area contributed by atoms with Gasteiger partial charge in [0, 0.05) is 5.69 Å². The van der Waals surface area contributed by atoms with Crippen LogP contribution in [0.4, 0.5) is 18.9 Å². The van der Waals surface area contributed by atoms with Gasteiger partial charge < -0.3 is 5.32 Å². The second-order valence-electron chi connectivity index (χ2n) is 5.07.